The number of hydrogen-bond donors (Lipinski definition) is 1. The summed E-state index contributed by atoms with van der Waals surface area (Å²) in [7, 11) is 0. The van der Waals surface area contributed by atoms with Crippen LogP contribution in [0.3, 0.4) is 0 Å². The summed E-state index contributed by atoms with van der Waals surface area (Å²) >= 11 is 1.42. The van der Waals surface area contributed by atoms with Gasteiger partial charge in [0.15, 0.2) is 5.13 Å². The van der Waals surface area contributed by atoms with Gasteiger partial charge in [0.25, 0.3) is 0 Å². The number of aromatic nitrogens is 1. The molecule has 1 aliphatic heterocycles. The third kappa shape index (κ3) is 5.61. The summed E-state index contributed by atoms with van der Waals surface area (Å²) in [6.07, 6.45) is 2.50. The predicted octanol–water partition coefficient (Wildman–Crippen LogP) is 3.10. The molecule has 6 nitrogen and oxygen atoms in total. The molecule has 7 heteroatoms. The van der Waals surface area contributed by atoms with E-state index in [4.69, 9.17) is 4.74 Å². The Kier molecular flexibility index (Phi) is 6.95. The van der Waals surface area contributed by atoms with Crippen molar-refractivity contribution >= 4 is 28.3 Å². The van der Waals surface area contributed by atoms with Crippen LogP contribution in [0.4, 0.5) is 5.13 Å². The molecular weight excluding hydrogens is 362 g/mol. The number of nitrogens with zero attached hydrogens (tertiary/aromatic N) is 2. The number of benzene rings is 1. The Labute approximate surface area is 163 Å². The van der Waals surface area contributed by atoms with E-state index in [-0.39, 0.29) is 24.3 Å². The number of thiazole rings is 1. The van der Waals surface area contributed by atoms with Crippen molar-refractivity contribution in [3.8, 4) is 0 Å². The van der Waals surface area contributed by atoms with Gasteiger partial charge in [0.05, 0.1) is 18.2 Å². The van der Waals surface area contributed by atoms with Crippen LogP contribution in [0.25, 0.3) is 0 Å². The zero-order chi connectivity index (χ0) is 19.1. The molecule has 1 aromatic heterocycles. The third-order valence-corrected chi connectivity index (χ3v) is 5.38. The average Bonchev–Trinajstić information content (AvgIpc) is 3.30. The molecule has 3 rings (SSSR count). The van der Waals surface area contributed by atoms with Crippen molar-refractivity contribution in [1.29, 1.82) is 0 Å². The number of nitrogens with one attached hydrogen (secondary N) is 1. The van der Waals surface area contributed by atoms with Gasteiger partial charge in [-0.15, -0.1) is 11.3 Å². The Bertz CT molecular complexity index is 763. The predicted molar refractivity (Wildman–Crippen MR) is 106 cm³/mol. The largest absolute Gasteiger partial charge is 0.374 e. The molecular formula is C20H25N3O3S. The summed E-state index contributed by atoms with van der Waals surface area (Å²) in [6, 6.07) is 10.1. The Morgan fingerprint density at radius 2 is 2.19 bits per heavy atom. The fourth-order valence-corrected chi connectivity index (χ4v) is 3.83. The second-order valence-corrected chi connectivity index (χ2v) is 7.41. The smallest absolute Gasteiger partial charge is 0.228 e. The molecule has 27 heavy (non-hydrogen) atoms. The van der Waals surface area contributed by atoms with Gasteiger partial charge in [-0.3, -0.25) is 14.5 Å². The fraction of sp³-hybridized carbons (Fsp3) is 0.450. The lowest BCUT2D eigenvalue weighted by molar-refractivity contribution is -0.120. The van der Waals surface area contributed by atoms with Crippen molar-refractivity contribution < 1.29 is 14.3 Å². The maximum absolute atomic E-state index is 12.1. The second-order valence-electron chi connectivity index (χ2n) is 6.57. The minimum absolute atomic E-state index is 0.0450. The van der Waals surface area contributed by atoms with Crippen molar-refractivity contribution in [1.82, 2.24) is 10.3 Å². The highest BCUT2D eigenvalue weighted by Crippen LogP contribution is 2.25. The lowest BCUT2D eigenvalue weighted by Gasteiger charge is -2.13. The van der Waals surface area contributed by atoms with E-state index in [0.717, 1.165) is 24.9 Å². The van der Waals surface area contributed by atoms with Crippen molar-refractivity contribution in [2.75, 3.05) is 24.6 Å². The standard InChI is InChI=1S/C20H25N3O3S/c1-15(16-7-3-2-4-8-16)26-12-6-10-21-18(24)13-17-14-27-20(22-17)23-11-5-9-19(23)25/h2-4,7-8,14-15H,5-6,9-13H2,1H3,(H,21,24). The van der Waals surface area contributed by atoms with E-state index in [1.165, 1.54) is 11.3 Å². The van der Waals surface area contributed by atoms with E-state index < -0.39 is 0 Å². The number of rotatable bonds is 9. The molecule has 0 saturated carbocycles. The minimum atomic E-state index is -0.0595. The average molecular weight is 388 g/mol. The SMILES string of the molecule is CC(OCCCNC(=O)Cc1csc(N2CCCC2=O)n1)c1ccccc1. The topological polar surface area (TPSA) is 71.5 Å². The van der Waals surface area contributed by atoms with Gasteiger partial charge < -0.3 is 10.1 Å². The van der Waals surface area contributed by atoms with E-state index >= 15 is 0 Å². The Morgan fingerprint density at radius 3 is 2.93 bits per heavy atom. The molecule has 144 valence electrons. The molecule has 0 bridgehead atoms. The molecule has 1 aliphatic rings. The lowest BCUT2D eigenvalue weighted by Crippen LogP contribution is -2.27. The molecule has 1 unspecified atom stereocenters. The van der Waals surface area contributed by atoms with Crippen LogP contribution in [-0.2, 0) is 20.7 Å². The van der Waals surface area contributed by atoms with Crippen LogP contribution in [0.15, 0.2) is 35.7 Å². The third-order valence-electron chi connectivity index (χ3n) is 4.47. The van der Waals surface area contributed by atoms with Crippen molar-refractivity contribution in [3.63, 3.8) is 0 Å². The van der Waals surface area contributed by atoms with Gasteiger partial charge in [-0.05, 0) is 25.3 Å². The van der Waals surface area contributed by atoms with Crippen LogP contribution in [0.2, 0.25) is 0 Å². The molecule has 1 fully saturated rings. The van der Waals surface area contributed by atoms with Crippen LogP contribution in [0.5, 0.6) is 0 Å². The Hall–Kier alpha value is -2.25. The maximum atomic E-state index is 12.1. The Morgan fingerprint density at radius 1 is 1.37 bits per heavy atom. The Balaban J connectivity index is 1.33. The van der Waals surface area contributed by atoms with Gasteiger partial charge in [-0.2, -0.15) is 0 Å². The lowest BCUT2D eigenvalue weighted by atomic mass is 10.1. The van der Waals surface area contributed by atoms with E-state index in [1.54, 1.807) is 4.90 Å². The molecule has 1 aromatic carbocycles. The molecule has 0 radical (unpaired) electrons. The summed E-state index contributed by atoms with van der Waals surface area (Å²) < 4.78 is 5.80. The highest BCUT2D eigenvalue weighted by Gasteiger charge is 2.24. The number of amides is 2. The van der Waals surface area contributed by atoms with Gasteiger partial charge in [-0.1, -0.05) is 30.3 Å². The second kappa shape index (κ2) is 9.62. The maximum Gasteiger partial charge on any atom is 0.228 e. The summed E-state index contributed by atoms with van der Waals surface area (Å²) in [5.41, 5.74) is 1.86. The molecule has 1 atom stereocenters. The highest BCUT2D eigenvalue weighted by atomic mass is 32.1. The van der Waals surface area contributed by atoms with Crippen LogP contribution < -0.4 is 10.2 Å². The molecule has 1 saturated heterocycles. The van der Waals surface area contributed by atoms with E-state index in [1.807, 2.05) is 42.6 Å². The van der Waals surface area contributed by atoms with Crippen LogP contribution in [0.1, 0.15) is 43.5 Å². The van der Waals surface area contributed by atoms with Crippen LogP contribution in [-0.4, -0.2) is 36.5 Å². The number of hydrogen-bond acceptors (Lipinski definition) is 5. The molecule has 2 heterocycles. The van der Waals surface area contributed by atoms with Crippen molar-refractivity contribution in [2.24, 2.45) is 0 Å². The normalized spacial score (nSPS) is 15.1. The van der Waals surface area contributed by atoms with Gasteiger partial charge in [0, 0.05) is 31.5 Å². The number of anilines is 1. The fourth-order valence-electron chi connectivity index (χ4n) is 2.96. The molecule has 0 spiro atoms. The zero-order valence-corrected chi connectivity index (χ0v) is 16.3. The first-order valence-electron chi connectivity index (χ1n) is 9.31. The highest BCUT2D eigenvalue weighted by molar-refractivity contribution is 7.14. The number of ether oxygens (including phenoxy) is 1. The van der Waals surface area contributed by atoms with Gasteiger partial charge in [0.2, 0.25) is 11.8 Å². The summed E-state index contributed by atoms with van der Waals surface area (Å²) in [5, 5.41) is 5.45. The van der Waals surface area contributed by atoms with Crippen molar-refractivity contribution in [3.05, 3.63) is 47.0 Å². The molecule has 0 aliphatic carbocycles. The van der Waals surface area contributed by atoms with Crippen LogP contribution >= 0.6 is 11.3 Å². The first-order chi connectivity index (χ1) is 13.1. The monoisotopic (exact) mass is 387 g/mol. The molecule has 2 amide bonds. The van der Waals surface area contributed by atoms with Gasteiger partial charge in [-0.25, -0.2) is 4.98 Å². The quantitative estimate of drug-likeness (QED) is 0.671. The van der Waals surface area contributed by atoms with Gasteiger partial charge in [0.1, 0.15) is 0 Å². The first-order valence-corrected chi connectivity index (χ1v) is 10.2. The zero-order valence-electron chi connectivity index (χ0n) is 15.5. The van der Waals surface area contributed by atoms with Gasteiger partial charge >= 0.3 is 0 Å². The summed E-state index contributed by atoms with van der Waals surface area (Å²) in [4.78, 5) is 29.9. The molecule has 1 N–H and O–H groups in total. The van der Waals surface area contributed by atoms with E-state index in [2.05, 4.69) is 10.3 Å². The number of carbonyl (C=O) groups is 2. The summed E-state index contributed by atoms with van der Waals surface area (Å²) in [6.45, 7) is 3.91. The van der Waals surface area contributed by atoms with Crippen LogP contribution in [0, 0.1) is 0 Å². The van der Waals surface area contributed by atoms with Crippen molar-refractivity contribution in [2.45, 2.75) is 38.7 Å². The van der Waals surface area contributed by atoms with E-state index in [0.29, 0.717) is 30.4 Å². The van der Waals surface area contributed by atoms with E-state index in [9.17, 15) is 9.59 Å². The molecule has 2 aromatic rings. The number of carbonyl (C=O) groups excluding carboxylic acids is 2. The minimum Gasteiger partial charge on any atom is -0.374 e. The summed E-state index contributed by atoms with van der Waals surface area (Å²) in [5.74, 6) is 0.0563. The first kappa shape index (κ1) is 19.5.